The molecule has 3 rings (SSSR count). The lowest BCUT2D eigenvalue weighted by Crippen LogP contribution is -2.50. The van der Waals surface area contributed by atoms with Crippen molar-refractivity contribution >= 4 is 27.2 Å². The molecule has 2 atom stereocenters. The molecule has 0 saturated carbocycles. The molecule has 0 bridgehead atoms. The molecule has 1 aliphatic heterocycles. The van der Waals surface area contributed by atoms with E-state index in [0.29, 0.717) is 0 Å². The van der Waals surface area contributed by atoms with Gasteiger partial charge in [-0.25, -0.2) is 13.2 Å². The maximum Gasteiger partial charge on any atom is 0.318 e. The third kappa shape index (κ3) is 3.62. The second-order valence-electron chi connectivity index (χ2n) is 5.96. The summed E-state index contributed by atoms with van der Waals surface area (Å²) in [6, 6.07) is 3.03. The molecule has 1 N–H and O–H groups in total. The minimum atomic E-state index is -3.17. The van der Waals surface area contributed by atoms with Crippen molar-refractivity contribution in [2.45, 2.75) is 19.0 Å². The van der Waals surface area contributed by atoms with Gasteiger partial charge in [0.1, 0.15) is 0 Å². The molecule has 1 fully saturated rings. The smallest absolute Gasteiger partial charge is 0.318 e. The minimum Gasteiger partial charge on any atom is -0.331 e. The average molecular weight is 368 g/mol. The number of aryl methyl sites for hydroxylation is 1. The summed E-state index contributed by atoms with van der Waals surface area (Å²) in [5.41, 5.74) is 0.736. The molecule has 1 saturated heterocycles. The van der Waals surface area contributed by atoms with Crippen molar-refractivity contribution in [2.24, 2.45) is 7.05 Å². The number of amides is 2. The topological polar surface area (TPSA) is 84.3 Å². The van der Waals surface area contributed by atoms with Crippen LogP contribution >= 0.6 is 11.3 Å². The quantitative estimate of drug-likeness (QED) is 0.894. The van der Waals surface area contributed by atoms with E-state index >= 15 is 0 Å². The SMILES string of the molecule is CC(NC(=O)N1CCS(=O)(=O)CC1c1cnn(C)c1)c1cccs1. The summed E-state index contributed by atoms with van der Waals surface area (Å²) < 4.78 is 25.7. The molecule has 7 nitrogen and oxygen atoms in total. The van der Waals surface area contributed by atoms with E-state index in [-0.39, 0.29) is 30.1 Å². The monoisotopic (exact) mass is 368 g/mol. The highest BCUT2D eigenvalue weighted by molar-refractivity contribution is 7.91. The molecule has 0 aromatic carbocycles. The molecular formula is C15H20N4O3S2. The second-order valence-corrected chi connectivity index (χ2v) is 9.17. The molecule has 3 heterocycles. The lowest BCUT2D eigenvalue weighted by molar-refractivity contribution is 0.178. The molecule has 9 heteroatoms. The molecule has 0 radical (unpaired) electrons. The maximum absolute atomic E-state index is 12.7. The van der Waals surface area contributed by atoms with Crippen LogP contribution < -0.4 is 5.32 Å². The van der Waals surface area contributed by atoms with E-state index in [1.165, 1.54) is 0 Å². The number of hydrogen-bond acceptors (Lipinski definition) is 5. The summed E-state index contributed by atoms with van der Waals surface area (Å²) in [7, 11) is -1.40. The fourth-order valence-corrected chi connectivity index (χ4v) is 5.04. The number of thiophene rings is 1. The van der Waals surface area contributed by atoms with Crippen molar-refractivity contribution in [3.63, 3.8) is 0 Å². The molecule has 2 aromatic rings. The fourth-order valence-electron chi connectivity index (χ4n) is 2.82. The Morgan fingerprint density at radius 3 is 2.92 bits per heavy atom. The first-order chi connectivity index (χ1) is 11.4. The highest BCUT2D eigenvalue weighted by atomic mass is 32.2. The van der Waals surface area contributed by atoms with E-state index in [9.17, 15) is 13.2 Å². The Kier molecular flexibility index (Phi) is 4.64. The Morgan fingerprint density at radius 1 is 1.50 bits per heavy atom. The Bertz CT molecular complexity index is 814. The zero-order chi connectivity index (χ0) is 17.3. The van der Waals surface area contributed by atoms with Crippen LogP contribution in [0.3, 0.4) is 0 Å². The molecule has 2 amide bonds. The van der Waals surface area contributed by atoms with Crippen molar-refractivity contribution in [1.82, 2.24) is 20.0 Å². The zero-order valence-electron chi connectivity index (χ0n) is 13.5. The maximum atomic E-state index is 12.7. The van der Waals surface area contributed by atoms with Gasteiger partial charge in [0, 0.05) is 30.2 Å². The number of aromatic nitrogens is 2. The first-order valence-corrected chi connectivity index (χ1v) is 10.4. The van der Waals surface area contributed by atoms with Gasteiger partial charge < -0.3 is 10.2 Å². The molecule has 1 aliphatic rings. The number of nitrogens with one attached hydrogen (secondary N) is 1. The van der Waals surface area contributed by atoms with E-state index in [2.05, 4.69) is 10.4 Å². The standard InChI is InChI=1S/C15H20N4O3S2/c1-11(14-4-3-6-23-14)17-15(20)19-5-7-24(21,22)10-13(19)12-8-16-18(2)9-12/h3-4,6,8-9,11,13H,5,7,10H2,1-2H3,(H,17,20). The van der Waals surface area contributed by atoms with Crippen LogP contribution in [0.25, 0.3) is 0 Å². The summed E-state index contributed by atoms with van der Waals surface area (Å²) in [6.07, 6.45) is 3.38. The van der Waals surface area contributed by atoms with Crippen LogP contribution in [0.2, 0.25) is 0 Å². The second kappa shape index (κ2) is 6.56. The number of carbonyl (C=O) groups is 1. The van der Waals surface area contributed by atoms with Crippen LogP contribution in [0.1, 0.15) is 29.4 Å². The Balaban J connectivity index is 1.80. The molecular weight excluding hydrogens is 348 g/mol. The minimum absolute atomic E-state index is 0.00936. The van der Waals surface area contributed by atoms with Gasteiger partial charge in [0.15, 0.2) is 9.84 Å². The van der Waals surface area contributed by atoms with Crippen LogP contribution in [0.15, 0.2) is 29.9 Å². The van der Waals surface area contributed by atoms with Crippen molar-refractivity contribution in [1.29, 1.82) is 0 Å². The lowest BCUT2D eigenvalue weighted by atomic mass is 10.1. The van der Waals surface area contributed by atoms with Crippen LogP contribution in [0.4, 0.5) is 4.79 Å². The predicted molar refractivity (Wildman–Crippen MR) is 92.6 cm³/mol. The molecule has 0 aliphatic carbocycles. The molecule has 24 heavy (non-hydrogen) atoms. The van der Waals surface area contributed by atoms with E-state index in [4.69, 9.17) is 0 Å². The van der Waals surface area contributed by atoms with Gasteiger partial charge in [0.2, 0.25) is 0 Å². The zero-order valence-corrected chi connectivity index (χ0v) is 15.2. The first-order valence-electron chi connectivity index (χ1n) is 7.65. The molecule has 130 valence electrons. The highest BCUT2D eigenvalue weighted by Gasteiger charge is 2.36. The molecule has 2 aromatic heterocycles. The Labute approximate surface area is 145 Å². The van der Waals surface area contributed by atoms with Gasteiger partial charge in [-0.1, -0.05) is 6.07 Å². The van der Waals surface area contributed by atoms with Crippen LogP contribution in [0, 0.1) is 0 Å². The Morgan fingerprint density at radius 2 is 2.29 bits per heavy atom. The largest absolute Gasteiger partial charge is 0.331 e. The van der Waals surface area contributed by atoms with Gasteiger partial charge >= 0.3 is 6.03 Å². The number of carbonyl (C=O) groups excluding carboxylic acids is 1. The third-order valence-corrected chi connectivity index (χ3v) is 6.79. The molecule has 2 unspecified atom stereocenters. The van der Waals surface area contributed by atoms with Crippen LogP contribution in [-0.2, 0) is 16.9 Å². The molecule has 0 spiro atoms. The van der Waals surface area contributed by atoms with Gasteiger partial charge in [-0.15, -0.1) is 11.3 Å². The van der Waals surface area contributed by atoms with Crippen molar-refractivity contribution in [2.75, 3.05) is 18.1 Å². The average Bonchev–Trinajstić information content (AvgIpc) is 3.17. The summed E-state index contributed by atoms with van der Waals surface area (Å²) in [4.78, 5) is 15.4. The van der Waals surface area contributed by atoms with Crippen molar-refractivity contribution < 1.29 is 13.2 Å². The summed E-state index contributed by atoms with van der Waals surface area (Å²) in [6.45, 7) is 2.11. The van der Waals surface area contributed by atoms with Gasteiger partial charge in [-0.05, 0) is 18.4 Å². The van der Waals surface area contributed by atoms with Gasteiger partial charge in [0.25, 0.3) is 0 Å². The summed E-state index contributed by atoms with van der Waals surface area (Å²) in [5, 5.41) is 9.02. The highest BCUT2D eigenvalue weighted by Crippen LogP contribution is 2.27. The number of urea groups is 1. The van der Waals surface area contributed by atoms with Crippen molar-refractivity contribution in [3.8, 4) is 0 Å². The third-order valence-electron chi connectivity index (χ3n) is 4.11. The normalized spacial score (nSPS) is 21.4. The van der Waals surface area contributed by atoms with Gasteiger partial charge in [0.05, 0.1) is 29.8 Å². The summed E-state index contributed by atoms with van der Waals surface area (Å²) in [5.74, 6) is -0.0793. The van der Waals surface area contributed by atoms with Crippen molar-refractivity contribution in [3.05, 3.63) is 40.3 Å². The summed E-state index contributed by atoms with van der Waals surface area (Å²) >= 11 is 1.58. The van der Waals surface area contributed by atoms with E-state index in [1.54, 1.807) is 40.4 Å². The lowest BCUT2D eigenvalue weighted by Gasteiger charge is -2.35. The number of hydrogen-bond donors (Lipinski definition) is 1. The van der Waals surface area contributed by atoms with E-state index < -0.39 is 15.9 Å². The van der Waals surface area contributed by atoms with Crippen LogP contribution in [0.5, 0.6) is 0 Å². The van der Waals surface area contributed by atoms with Crippen LogP contribution in [-0.4, -0.2) is 47.2 Å². The van der Waals surface area contributed by atoms with Gasteiger partial charge in [-0.3, -0.25) is 4.68 Å². The number of rotatable bonds is 3. The van der Waals surface area contributed by atoms with E-state index in [1.807, 2.05) is 24.4 Å². The van der Waals surface area contributed by atoms with Gasteiger partial charge in [-0.2, -0.15) is 5.10 Å². The predicted octanol–water partition coefficient (Wildman–Crippen LogP) is 1.72. The number of sulfone groups is 1. The van der Waals surface area contributed by atoms with E-state index in [0.717, 1.165) is 10.4 Å². The first kappa shape index (κ1) is 17.0. The number of nitrogens with zero attached hydrogens (tertiary/aromatic N) is 3. The Hall–Kier alpha value is -1.87. The fraction of sp³-hybridized carbons (Fsp3) is 0.467.